The summed E-state index contributed by atoms with van der Waals surface area (Å²) in [4.78, 5) is 14.8. The van der Waals surface area contributed by atoms with Crippen LogP contribution in [-0.2, 0) is 0 Å². The zero-order valence-corrected chi connectivity index (χ0v) is 17.2. The predicted octanol–water partition coefficient (Wildman–Crippen LogP) is 5.82. The van der Waals surface area contributed by atoms with E-state index in [0.29, 0.717) is 5.25 Å². The second-order valence-corrected chi connectivity index (χ2v) is 9.61. The first-order valence-electron chi connectivity index (χ1n) is 9.53. The molecule has 0 amide bonds. The molecule has 0 saturated carbocycles. The van der Waals surface area contributed by atoms with E-state index in [2.05, 4.69) is 83.5 Å². The molecule has 140 valence electrons. The lowest BCUT2D eigenvalue weighted by Gasteiger charge is -2.29. The Morgan fingerprint density at radius 2 is 1.75 bits per heavy atom. The average Bonchev–Trinajstić information content (AvgIpc) is 3.26. The number of fused-ring (bicyclic) bond motifs is 1. The van der Waals surface area contributed by atoms with Crippen molar-refractivity contribution in [3.05, 3.63) is 90.3 Å². The number of aromatic nitrogens is 1. The maximum absolute atomic E-state index is 5.11. The van der Waals surface area contributed by atoms with Gasteiger partial charge in [-0.1, -0.05) is 72.9 Å². The van der Waals surface area contributed by atoms with E-state index in [0.717, 1.165) is 17.4 Å². The van der Waals surface area contributed by atoms with Crippen molar-refractivity contribution >= 4 is 28.7 Å². The van der Waals surface area contributed by atoms with Gasteiger partial charge >= 0.3 is 0 Å². The number of hydrogen-bond acceptors (Lipinski definition) is 5. The quantitative estimate of drug-likeness (QED) is 0.549. The largest absolute Gasteiger partial charge is 0.341 e. The van der Waals surface area contributed by atoms with Crippen LogP contribution in [0.4, 0.5) is 0 Å². The van der Waals surface area contributed by atoms with Crippen LogP contribution in [0.15, 0.2) is 93.8 Å². The van der Waals surface area contributed by atoms with Crippen LogP contribution >= 0.6 is 23.5 Å². The molecule has 2 aliphatic heterocycles. The number of pyridine rings is 1. The van der Waals surface area contributed by atoms with Gasteiger partial charge in [0.2, 0.25) is 0 Å². The zero-order valence-electron chi connectivity index (χ0n) is 15.6. The highest BCUT2D eigenvalue weighted by Crippen LogP contribution is 2.49. The Morgan fingerprint density at radius 3 is 2.57 bits per heavy atom. The number of aliphatic imine (C=N–C) groups is 1. The van der Waals surface area contributed by atoms with Gasteiger partial charge in [-0.15, -0.1) is 0 Å². The molecular weight excluding hydrogens is 382 g/mol. The monoisotopic (exact) mass is 403 g/mol. The molecule has 0 radical (unpaired) electrons. The smallest absolute Gasteiger partial charge is 0.160 e. The standard InChI is InChI=1S/C23H21N3S2/c1-16-15-26-22(21(25-23(26)27-16)19-12-7-8-14-24-19)18-11-5-6-13-20(18)28-17-9-3-2-4-10-17/h2-14,16,21-22H,15H2,1H3/t16-,21+,22+/m1/s1. The molecule has 1 aromatic heterocycles. The summed E-state index contributed by atoms with van der Waals surface area (Å²) in [6.07, 6.45) is 1.87. The molecular formula is C23H21N3S2. The van der Waals surface area contributed by atoms with Crippen molar-refractivity contribution in [2.45, 2.75) is 34.0 Å². The lowest BCUT2D eigenvalue weighted by molar-refractivity contribution is 0.317. The van der Waals surface area contributed by atoms with Gasteiger partial charge in [-0.2, -0.15) is 0 Å². The summed E-state index contributed by atoms with van der Waals surface area (Å²) < 4.78 is 0. The van der Waals surface area contributed by atoms with E-state index in [9.17, 15) is 0 Å². The summed E-state index contributed by atoms with van der Waals surface area (Å²) in [6.45, 7) is 3.31. The van der Waals surface area contributed by atoms with Crippen molar-refractivity contribution in [3.8, 4) is 0 Å². The highest BCUT2D eigenvalue weighted by molar-refractivity contribution is 8.14. The summed E-state index contributed by atoms with van der Waals surface area (Å²) in [5, 5.41) is 1.73. The second kappa shape index (κ2) is 7.64. The van der Waals surface area contributed by atoms with Gasteiger partial charge in [-0.05, 0) is 35.9 Å². The molecule has 3 atom stereocenters. The molecule has 28 heavy (non-hydrogen) atoms. The van der Waals surface area contributed by atoms with Crippen LogP contribution < -0.4 is 0 Å². The third-order valence-electron chi connectivity index (χ3n) is 5.09. The molecule has 3 nitrogen and oxygen atoms in total. The highest BCUT2D eigenvalue weighted by Gasteiger charge is 2.44. The molecule has 0 aliphatic carbocycles. The Bertz CT molecular complexity index is 991. The van der Waals surface area contributed by atoms with Crippen molar-refractivity contribution in [2.75, 3.05) is 6.54 Å². The minimum absolute atomic E-state index is 0.0359. The molecule has 2 aromatic carbocycles. The van der Waals surface area contributed by atoms with E-state index in [1.165, 1.54) is 15.4 Å². The predicted molar refractivity (Wildman–Crippen MR) is 118 cm³/mol. The molecule has 1 saturated heterocycles. The molecule has 0 bridgehead atoms. The first-order chi connectivity index (χ1) is 13.8. The fraction of sp³-hybridized carbons (Fsp3) is 0.217. The van der Waals surface area contributed by atoms with Gasteiger partial charge in [0.05, 0.1) is 11.7 Å². The average molecular weight is 404 g/mol. The normalized spacial score (nSPS) is 23.5. The Labute approximate surface area is 174 Å². The van der Waals surface area contributed by atoms with Crippen molar-refractivity contribution in [3.63, 3.8) is 0 Å². The van der Waals surface area contributed by atoms with Crippen molar-refractivity contribution in [2.24, 2.45) is 4.99 Å². The van der Waals surface area contributed by atoms with E-state index in [1.54, 1.807) is 0 Å². The van der Waals surface area contributed by atoms with Gasteiger partial charge in [-0.3, -0.25) is 9.98 Å². The summed E-state index contributed by atoms with van der Waals surface area (Å²) >= 11 is 3.71. The molecule has 2 aliphatic rings. The van der Waals surface area contributed by atoms with E-state index in [-0.39, 0.29) is 12.1 Å². The number of nitrogens with zero attached hydrogens (tertiary/aromatic N) is 3. The molecule has 0 spiro atoms. The number of thioether (sulfide) groups is 1. The highest BCUT2D eigenvalue weighted by atomic mass is 32.2. The van der Waals surface area contributed by atoms with Gasteiger partial charge in [0.15, 0.2) is 5.17 Å². The van der Waals surface area contributed by atoms with Crippen molar-refractivity contribution in [1.82, 2.24) is 9.88 Å². The van der Waals surface area contributed by atoms with Gasteiger partial charge in [0.25, 0.3) is 0 Å². The van der Waals surface area contributed by atoms with Gasteiger partial charge < -0.3 is 4.90 Å². The van der Waals surface area contributed by atoms with Crippen LogP contribution in [0.3, 0.4) is 0 Å². The van der Waals surface area contributed by atoms with Crippen molar-refractivity contribution < 1.29 is 0 Å². The van der Waals surface area contributed by atoms with E-state index in [4.69, 9.17) is 4.99 Å². The Hall–Kier alpha value is -2.24. The fourth-order valence-corrected chi connectivity index (χ4v) is 5.98. The third-order valence-corrected chi connectivity index (χ3v) is 7.29. The fourth-order valence-electron chi connectivity index (χ4n) is 3.89. The minimum Gasteiger partial charge on any atom is -0.341 e. The number of benzene rings is 2. The van der Waals surface area contributed by atoms with Gasteiger partial charge in [0.1, 0.15) is 6.04 Å². The lowest BCUT2D eigenvalue weighted by Crippen LogP contribution is -2.28. The lowest BCUT2D eigenvalue weighted by atomic mass is 9.96. The SMILES string of the molecule is C[C@@H]1CN2C(=N[C@@H](c3ccccn3)[C@@H]2c2ccccc2Sc2ccccc2)S1. The van der Waals surface area contributed by atoms with Crippen LogP contribution in [0.5, 0.6) is 0 Å². The first-order valence-corrected chi connectivity index (χ1v) is 11.2. The Morgan fingerprint density at radius 1 is 0.964 bits per heavy atom. The Kier molecular flexibility index (Phi) is 4.87. The molecule has 1 fully saturated rings. The van der Waals surface area contributed by atoms with Gasteiger partial charge in [0, 0.05) is 27.8 Å². The van der Waals surface area contributed by atoms with E-state index < -0.39 is 0 Å². The topological polar surface area (TPSA) is 28.5 Å². The molecule has 5 heteroatoms. The first kappa shape index (κ1) is 17.8. The second-order valence-electron chi connectivity index (χ2n) is 7.09. The molecule has 5 rings (SSSR count). The van der Waals surface area contributed by atoms with Crippen LogP contribution in [-0.4, -0.2) is 26.8 Å². The maximum Gasteiger partial charge on any atom is 0.160 e. The van der Waals surface area contributed by atoms with Crippen LogP contribution in [0.2, 0.25) is 0 Å². The molecule has 0 N–H and O–H groups in total. The van der Waals surface area contributed by atoms with Crippen molar-refractivity contribution in [1.29, 1.82) is 0 Å². The number of hydrogen-bond donors (Lipinski definition) is 0. The van der Waals surface area contributed by atoms with Crippen LogP contribution in [0, 0.1) is 0 Å². The summed E-state index contributed by atoms with van der Waals surface area (Å²) in [7, 11) is 0. The number of rotatable bonds is 4. The Balaban J connectivity index is 1.57. The maximum atomic E-state index is 5.11. The van der Waals surface area contributed by atoms with Crippen LogP contribution in [0.1, 0.15) is 30.3 Å². The zero-order chi connectivity index (χ0) is 18.9. The molecule has 0 unspecified atom stereocenters. The van der Waals surface area contributed by atoms with Crippen LogP contribution in [0.25, 0.3) is 0 Å². The summed E-state index contributed by atoms with van der Waals surface area (Å²) in [5.41, 5.74) is 2.38. The third kappa shape index (κ3) is 3.33. The van der Waals surface area contributed by atoms with E-state index >= 15 is 0 Å². The summed E-state index contributed by atoms with van der Waals surface area (Å²) in [6, 6.07) is 25.7. The summed E-state index contributed by atoms with van der Waals surface area (Å²) in [5.74, 6) is 0. The number of amidine groups is 1. The van der Waals surface area contributed by atoms with Gasteiger partial charge in [-0.25, -0.2) is 0 Å². The van der Waals surface area contributed by atoms with E-state index in [1.807, 2.05) is 35.8 Å². The molecule has 3 heterocycles. The molecule has 3 aromatic rings. The minimum atomic E-state index is 0.0359.